The Bertz CT molecular complexity index is 807. The van der Waals surface area contributed by atoms with E-state index in [9.17, 15) is 4.79 Å². The third-order valence-electron chi connectivity index (χ3n) is 4.38. The molecule has 148 valence electrons. The summed E-state index contributed by atoms with van der Waals surface area (Å²) in [6, 6.07) is 11.5. The second-order valence-electron chi connectivity index (χ2n) is 6.31. The summed E-state index contributed by atoms with van der Waals surface area (Å²) < 4.78 is 13.0. The number of carbonyl (C=O) groups is 1. The number of nitrogens with one attached hydrogen (secondary N) is 2. The van der Waals surface area contributed by atoms with E-state index in [1.807, 2.05) is 31.2 Å². The number of carbonyl (C=O) groups excluding carboxylic acids is 1. The van der Waals surface area contributed by atoms with E-state index in [1.165, 1.54) is 0 Å². The Hall–Kier alpha value is -1.82. The molecule has 0 fully saturated rings. The molecule has 1 unspecified atom stereocenters. The van der Waals surface area contributed by atoms with Gasteiger partial charge in [0.25, 0.3) is 1.45 Å². The minimum Gasteiger partial charge on any atom is -0.338 e. The molecule has 1 heterocycles. The van der Waals surface area contributed by atoms with E-state index in [0.29, 0.717) is 16.6 Å². The molecule has 7 heteroatoms. The highest BCUT2D eigenvalue weighted by atomic mass is 35.5. The molecule has 2 aromatic carbocycles. The van der Waals surface area contributed by atoms with Crippen LogP contribution in [0.1, 0.15) is 37.0 Å². The van der Waals surface area contributed by atoms with Crippen molar-refractivity contribution in [2.45, 2.75) is 26.8 Å². The van der Waals surface area contributed by atoms with Gasteiger partial charge in [-0.25, -0.2) is 4.79 Å². The Labute approximate surface area is 171 Å². The number of rotatable bonds is 3. The van der Waals surface area contributed by atoms with Crippen molar-refractivity contribution in [3.63, 3.8) is 0 Å². The zero-order valence-corrected chi connectivity index (χ0v) is 16.2. The predicted molar refractivity (Wildman–Crippen MR) is 113 cm³/mol. The normalized spacial score (nSPS) is 16.0. The maximum Gasteiger partial charge on any atom is 0.319 e. The molecule has 1 atom stereocenters. The van der Waals surface area contributed by atoms with Crippen LogP contribution in [-0.2, 0) is 6.54 Å². The fourth-order valence-corrected chi connectivity index (χ4v) is 3.87. The summed E-state index contributed by atoms with van der Waals surface area (Å²) in [5, 5.41) is 6.95. The Balaban J connectivity index is 0.00000127. The number of halogens is 3. The van der Waals surface area contributed by atoms with E-state index < -0.39 is 0 Å². The number of likely N-dealkylation sites (N-methyl/N-ethyl adjacent to an activating group) is 1. The number of amides is 2. The van der Waals surface area contributed by atoms with Crippen molar-refractivity contribution < 1.29 is 9.51 Å². The molecule has 1 aliphatic heterocycles. The SMILES string of the molecule is C.CCNC(=O)Nc1cccc(C2CN(C)Cc3c(Cl)cc(Cl)cc32)c1.[3H]F. The molecule has 2 amide bonds. The van der Waals surface area contributed by atoms with Crippen molar-refractivity contribution in [2.24, 2.45) is 0 Å². The zero-order valence-electron chi connectivity index (χ0n) is 15.7. The van der Waals surface area contributed by atoms with Crippen LogP contribution < -0.4 is 10.6 Å². The Morgan fingerprint density at radius 1 is 1.33 bits per heavy atom. The largest absolute Gasteiger partial charge is 0.338 e. The first-order valence-corrected chi connectivity index (χ1v) is 9.04. The van der Waals surface area contributed by atoms with Crippen LogP contribution in [-0.4, -0.2) is 32.5 Å². The first-order chi connectivity index (χ1) is 13.0. The monoisotopic (exact) mass is 415 g/mol. The topological polar surface area (TPSA) is 44.4 Å². The molecule has 1 aliphatic rings. The average molecular weight is 416 g/mol. The highest BCUT2D eigenvalue weighted by Crippen LogP contribution is 2.38. The molecule has 0 aliphatic carbocycles. The summed E-state index contributed by atoms with van der Waals surface area (Å²) in [4.78, 5) is 14.0. The van der Waals surface area contributed by atoms with Gasteiger partial charge in [-0.1, -0.05) is 42.8 Å². The van der Waals surface area contributed by atoms with Crippen molar-refractivity contribution in [1.29, 1.82) is 1.45 Å². The molecule has 0 saturated carbocycles. The molecule has 0 spiro atoms. The fourth-order valence-electron chi connectivity index (χ4n) is 3.30. The summed E-state index contributed by atoms with van der Waals surface area (Å²) >= 11 is 12.7. The van der Waals surface area contributed by atoms with E-state index in [2.05, 4.69) is 30.1 Å². The van der Waals surface area contributed by atoms with Crippen LogP contribution in [0.3, 0.4) is 0 Å². The summed E-state index contributed by atoms with van der Waals surface area (Å²) in [5.74, 6) is 0.154. The van der Waals surface area contributed by atoms with Gasteiger partial charge in [-0.2, -0.15) is 0 Å². The number of hydrogen-bond acceptors (Lipinski definition) is 2. The van der Waals surface area contributed by atoms with E-state index in [-0.39, 0.29) is 19.4 Å². The third-order valence-corrected chi connectivity index (χ3v) is 4.93. The van der Waals surface area contributed by atoms with Gasteiger partial charge in [0.15, 0.2) is 0 Å². The van der Waals surface area contributed by atoms with Crippen molar-refractivity contribution in [2.75, 3.05) is 25.5 Å². The Morgan fingerprint density at radius 2 is 2.07 bits per heavy atom. The lowest BCUT2D eigenvalue weighted by molar-refractivity contribution is 0.252. The minimum absolute atomic E-state index is 0. The number of nitrogens with zero attached hydrogens (tertiary/aromatic N) is 1. The van der Waals surface area contributed by atoms with Gasteiger partial charge in [0.1, 0.15) is 0 Å². The molecule has 0 aromatic heterocycles. The predicted octanol–water partition coefficient (Wildman–Crippen LogP) is 5.50. The molecule has 3 rings (SSSR count). The van der Waals surface area contributed by atoms with Gasteiger partial charge in [-0.05, 0) is 54.9 Å². The number of urea groups is 1. The number of hydrogen-bond donors (Lipinski definition) is 2. The maximum absolute atomic E-state index is 11.8. The lowest BCUT2D eigenvalue weighted by Gasteiger charge is -2.33. The molecule has 2 aromatic rings. The van der Waals surface area contributed by atoms with Crippen molar-refractivity contribution in [1.82, 2.24) is 10.2 Å². The Morgan fingerprint density at radius 3 is 2.78 bits per heavy atom. The number of fused-ring (bicyclic) bond motifs is 1. The summed E-state index contributed by atoms with van der Waals surface area (Å²) in [6.45, 7) is 4.15. The first-order valence-electron chi connectivity index (χ1n) is 8.67. The molecule has 27 heavy (non-hydrogen) atoms. The van der Waals surface area contributed by atoms with Crippen LogP contribution in [0.2, 0.25) is 10.0 Å². The second kappa shape index (κ2) is 9.93. The number of benzene rings is 2. The van der Waals surface area contributed by atoms with Crippen LogP contribution in [0.4, 0.5) is 15.2 Å². The van der Waals surface area contributed by atoms with Gasteiger partial charge in [0, 0.05) is 41.3 Å². The van der Waals surface area contributed by atoms with Crippen LogP contribution in [0, 0.1) is 0 Å². The Kier molecular flexibility index (Phi) is 7.90. The third kappa shape index (κ3) is 5.34. The van der Waals surface area contributed by atoms with Crippen LogP contribution in [0.25, 0.3) is 0 Å². The van der Waals surface area contributed by atoms with Gasteiger partial charge < -0.3 is 15.5 Å². The van der Waals surface area contributed by atoms with Crippen LogP contribution in [0.5, 0.6) is 0 Å². The first kappa shape index (κ1) is 21.5. The zero-order chi connectivity index (χ0) is 20.0. The van der Waals surface area contributed by atoms with E-state index in [1.54, 1.807) is 6.07 Å². The smallest absolute Gasteiger partial charge is 0.319 e. The summed E-state index contributed by atoms with van der Waals surface area (Å²) in [7, 11) is 2.08. The minimum atomic E-state index is -0.202. The number of anilines is 1. The average Bonchev–Trinajstić information content (AvgIpc) is 2.64. The van der Waals surface area contributed by atoms with E-state index in [0.717, 1.165) is 35.5 Å². The molecule has 0 radical (unpaired) electrons. The molecular formula is C20H26Cl2FN3O. The van der Waals surface area contributed by atoms with Gasteiger partial charge in [0.05, 0.1) is 0 Å². The molecule has 0 saturated heterocycles. The fraction of sp³-hybridized carbons (Fsp3) is 0.350. The molecule has 0 bridgehead atoms. The van der Waals surface area contributed by atoms with E-state index in [4.69, 9.17) is 27.9 Å². The maximum atomic E-state index is 11.8. The highest BCUT2D eigenvalue weighted by molar-refractivity contribution is 6.35. The van der Waals surface area contributed by atoms with Crippen LogP contribution >= 0.6 is 23.2 Å². The lowest BCUT2D eigenvalue weighted by atomic mass is 9.84. The summed E-state index contributed by atoms with van der Waals surface area (Å²) in [5.41, 5.74) is 4.17. The molecule has 2 N–H and O–H groups in total. The standard InChI is InChI=1S/C19H21Cl2N3O.CH4.FH/c1-3-22-19(25)23-14-6-4-5-12(7-14)16-10-24(2)11-17-15(16)8-13(20)9-18(17)21;;/h4-9,16H,3,10-11H2,1-2H3,(H2,22,23,25);1H4;1H/i/hT. The van der Waals surface area contributed by atoms with Crippen LogP contribution in [0.15, 0.2) is 36.4 Å². The van der Waals surface area contributed by atoms with Gasteiger partial charge in [0.2, 0.25) is 0 Å². The van der Waals surface area contributed by atoms with Crippen molar-refractivity contribution in [3.05, 3.63) is 63.1 Å². The second-order valence-corrected chi connectivity index (χ2v) is 7.16. The lowest BCUT2D eigenvalue weighted by Crippen LogP contribution is -2.31. The molecular weight excluding hydrogens is 388 g/mol. The summed E-state index contributed by atoms with van der Waals surface area (Å²) in [6.07, 6.45) is 0. The highest BCUT2D eigenvalue weighted by Gasteiger charge is 2.27. The van der Waals surface area contributed by atoms with Crippen molar-refractivity contribution in [3.8, 4) is 0 Å². The van der Waals surface area contributed by atoms with Gasteiger partial charge in [-0.3, -0.25) is 4.72 Å². The van der Waals surface area contributed by atoms with Gasteiger partial charge in [-0.15, -0.1) is 0 Å². The van der Waals surface area contributed by atoms with E-state index >= 15 is 0 Å². The van der Waals surface area contributed by atoms with Crippen molar-refractivity contribution >= 4 is 34.9 Å². The molecule has 4 nitrogen and oxygen atoms in total. The van der Waals surface area contributed by atoms with Gasteiger partial charge >= 0.3 is 6.03 Å². The quantitative estimate of drug-likeness (QED) is 0.694.